The molecule has 5 rings (SSSR count). The van der Waals surface area contributed by atoms with Crippen molar-refractivity contribution >= 4 is 57.7 Å². The molecule has 0 atom stereocenters. The Hall–Kier alpha value is -3.07. The van der Waals surface area contributed by atoms with E-state index in [4.69, 9.17) is 26.5 Å². The Balaban J connectivity index is 0.00000245. The molecule has 0 spiro atoms. The molecule has 8 nitrogen and oxygen atoms in total. The van der Waals surface area contributed by atoms with Gasteiger partial charge in [-0.3, -0.25) is 4.79 Å². The van der Waals surface area contributed by atoms with Crippen molar-refractivity contribution in [2.45, 2.75) is 6.92 Å². The third kappa shape index (κ3) is 3.92. The first kappa shape index (κ1) is 22.1. The molecule has 10 heteroatoms. The summed E-state index contributed by atoms with van der Waals surface area (Å²) in [6, 6.07) is 10.4. The molecule has 32 heavy (non-hydrogen) atoms. The third-order valence-corrected chi connectivity index (χ3v) is 5.62. The van der Waals surface area contributed by atoms with Crippen LogP contribution in [-0.2, 0) is 0 Å². The normalized spacial score (nSPS) is 13.9. The number of piperazine rings is 1. The first-order valence-electron chi connectivity index (χ1n) is 9.94. The van der Waals surface area contributed by atoms with Crippen molar-refractivity contribution < 1.29 is 9.15 Å². The molecule has 3 aromatic heterocycles. The highest BCUT2D eigenvalue weighted by molar-refractivity contribution is 6.35. The van der Waals surface area contributed by atoms with Gasteiger partial charge in [0.05, 0.1) is 16.1 Å². The number of fused-ring (bicyclic) bond motifs is 2. The number of pyridine rings is 2. The lowest BCUT2D eigenvalue weighted by Crippen LogP contribution is -2.43. The summed E-state index contributed by atoms with van der Waals surface area (Å²) < 4.78 is 11.9. The van der Waals surface area contributed by atoms with E-state index >= 15 is 0 Å². The molecule has 0 radical (unpaired) electrons. The van der Waals surface area contributed by atoms with Gasteiger partial charge in [-0.15, -0.1) is 12.4 Å². The molecular weight excluding hydrogens is 453 g/mol. The molecule has 4 aromatic rings. The van der Waals surface area contributed by atoms with E-state index in [0.29, 0.717) is 16.4 Å². The van der Waals surface area contributed by atoms with E-state index < -0.39 is 0 Å². The summed E-state index contributed by atoms with van der Waals surface area (Å²) in [5, 5.41) is 3.91. The van der Waals surface area contributed by atoms with Crippen LogP contribution in [0.1, 0.15) is 5.69 Å². The van der Waals surface area contributed by atoms with E-state index in [1.807, 2.05) is 19.1 Å². The third-order valence-electron chi connectivity index (χ3n) is 5.30. The number of hydrogen-bond donors (Lipinski definition) is 2. The summed E-state index contributed by atoms with van der Waals surface area (Å²) >= 11 is 6.17. The molecule has 1 aliphatic heterocycles. The van der Waals surface area contributed by atoms with Gasteiger partial charge in [0.2, 0.25) is 5.43 Å². The predicted molar refractivity (Wildman–Crippen MR) is 129 cm³/mol. The van der Waals surface area contributed by atoms with Crippen molar-refractivity contribution in [3.8, 4) is 11.5 Å². The molecule has 1 aromatic carbocycles. The monoisotopic (exact) mass is 473 g/mol. The quantitative estimate of drug-likeness (QED) is 0.431. The number of hydrogen-bond acceptors (Lipinski definition) is 8. The number of nitrogens with two attached hydrogens (primary N) is 1. The lowest BCUT2D eigenvalue weighted by atomic mass is 10.2. The molecule has 0 bridgehead atoms. The summed E-state index contributed by atoms with van der Waals surface area (Å²) in [6.45, 7) is 5.56. The Morgan fingerprint density at radius 3 is 2.66 bits per heavy atom. The van der Waals surface area contributed by atoms with Gasteiger partial charge in [-0.1, -0.05) is 17.7 Å². The number of ether oxygens (including phenoxy) is 1. The number of nitrogen functional groups attached to an aromatic ring is 1. The molecule has 0 aliphatic carbocycles. The molecule has 0 saturated carbocycles. The number of aromatic nitrogens is 2. The fourth-order valence-corrected chi connectivity index (χ4v) is 3.94. The predicted octanol–water partition coefficient (Wildman–Crippen LogP) is 3.90. The van der Waals surface area contributed by atoms with Gasteiger partial charge in [0.1, 0.15) is 17.2 Å². The van der Waals surface area contributed by atoms with Gasteiger partial charge >= 0.3 is 0 Å². The smallest absolute Gasteiger partial charge is 0.220 e. The second kappa shape index (κ2) is 8.82. The zero-order valence-corrected chi connectivity index (χ0v) is 18.8. The largest absolute Gasteiger partial charge is 0.454 e. The summed E-state index contributed by atoms with van der Waals surface area (Å²) in [6.07, 6.45) is 0. The minimum absolute atomic E-state index is 0. The van der Waals surface area contributed by atoms with Crippen LogP contribution in [0.5, 0.6) is 11.5 Å². The molecule has 1 fully saturated rings. The van der Waals surface area contributed by atoms with Crippen LogP contribution in [0.4, 0.5) is 11.6 Å². The Morgan fingerprint density at radius 2 is 1.91 bits per heavy atom. The maximum atomic E-state index is 12.9. The summed E-state index contributed by atoms with van der Waals surface area (Å²) in [5.74, 6) is 1.83. The number of aryl methyl sites for hydroxylation is 1. The van der Waals surface area contributed by atoms with Crippen molar-refractivity contribution in [1.29, 1.82) is 0 Å². The van der Waals surface area contributed by atoms with Crippen LogP contribution < -0.4 is 26.1 Å². The van der Waals surface area contributed by atoms with Crippen molar-refractivity contribution in [3.63, 3.8) is 0 Å². The zero-order valence-electron chi connectivity index (χ0n) is 17.2. The van der Waals surface area contributed by atoms with Crippen LogP contribution in [-0.4, -0.2) is 36.1 Å². The van der Waals surface area contributed by atoms with Gasteiger partial charge in [-0.25, -0.2) is 9.97 Å². The fourth-order valence-electron chi connectivity index (χ4n) is 3.69. The van der Waals surface area contributed by atoms with Crippen LogP contribution in [0.2, 0.25) is 5.02 Å². The van der Waals surface area contributed by atoms with Crippen molar-refractivity contribution in [2.75, 3.05) is 36.8 Å². The minimum atomic E-state index is -0.335. The minimum Gasteiger partial charge on any atom is -0.454 e. The van der Waals surface area contributed by atoms with Crippen LogP contribution in [0.3, 0.4) is 0 Å². The highest BCUT2D eigenvalue weighted by Crippen LogP contribution is 2.33. The summed E-state index contributed by atoms with van der Waals surface area (Å²) in [7, 11) is 0. The van der Waals surface area contributed by atoms with E-state index in [-0.39, 0.29) is 45.9 Å². The number of benzene rings is 1. The van der Waals surface area contributed by atoms with Crippen LogP contribution in [0.25, 0.3) is 22.1 Å². The van der Waals surface area contributed by atoms with Gasteiger partial charge in [-0.05, 0) is 31.2 Å². The van der Waals surface area contributed by atoms with Gasteiger partial charge in [-0.2, -0.15) is 0 Å². The second-order valence-corrected chi connectivity index (χ2v) is 7.76. The van der Waals surface area contributed by atoms with E-state index in [1.165, 1.54) is 0 Å². The number of halogens is 2. The van der Waals surface area contributed by atoms with Crippen molar-refractivity contribution in [3.05, 3.63) is 57.3 Å². The number of anilines is 2. The first-order chi connectivity index (χ1) is 15.0. The standard InChI is InChI=1S/C22H20ClN5O3.ClH/c1-12-14(5-6-18(26-12)28-9-7-25-8-10-28)30-17-11-16-20(27-22(17)24)21(29)19-13(23)3-2-4-15(19)31-16;/h2-6,11,25H,7-10H2,1H3,(H2,24,27);1H. The average Bonchev–Trinajstić information content (AvgIpc) is 2.77. The second-order valence-electron chi connectivity index (χ2n) is 7.35. The molecule has 4 heterocycles. The van der Waals surface area contributed by atoms with Crippen molar-refractivity contribution in [1.82, 2.24) is 15.3 Å². The molecule has 3 N–H and O–H groups in total. The summed E-state index contributed by atoms with van der Waals surface area (Å²) in [4.78, 5) is 24.0. The highest BCUT2D eigenvalue weighted by Gasteiger charge is 2.17. The van der Waals surface area contributed by atoms with Gasteiger partial charge in [0, 0.05) is 32.2 Å². The van der Waals surface area contributed by atoms with Crippen molar-refractivity contribution in [2.24, 2.45) is 0 Å². The number of rotatable bonds is 3. The lowest BCUT2D eigenvalue weighted by molar-refractivity contribution is 0.475. The van der Waals surface area contributed by atoms with E-state index in [1.54, 1.807) is 24.3 Å². The van der Waals surface area contributed by atoms with E-state index in [9.17, 15) is 4.79 Å². The highest BCUT2D eigenvalue weighted by atomic mass is 35.5. The fraction of sp³-hybridized carbons (Fsp3) is 0.227. The maximum Gasteiger partial charge on any atom is 0.220 e. The molecule has 0 unspecified atom stereocenters. The van der Waals surface area contributed by atoms with E-state index in [2.05, 4.69) is 20.2 Å². The molecule has 166 valence electrons. The molecule has 1 aliphatic rings. The van der Waals surface area contributed by atoms with Gasteiger partial charge < -0.3 is 25.1 Å². The van der Waals surface area contributed by atoms with Crippen LogP contribution in [0, 0.1) is 6.92 Å². The van der Waals surface area contributed by atoms with Gasteiger partial charge in [0.25, 0.3) is 0 Å². The SMILES string of the molecule is Cc1nc(N2CCNCC2)ccc1Oc1cc2oc3cccc(Cl)c3c(=O)c2nc1N.Cl. The Kier molecular flexibility index (Phi) is 6.10. The average molecular weight is 474 g/mol. The number of nitrogens with zero attached hydrogens (tertiary/aromatic N) is 3. The lowest BCUT2D eigenvalue weighted by Gasteiger charge is -2.28. The van der Waals surface area contributed by atoms with E-state index in [0.717, 1.165) is 37.7 Å². The summed E-state index contributed by atoms with van der Waals surface area (Å²) in [5.41, 5.74) is 7.24. The Morgan fingerprint density at radius 1 is 1.12 bits per heavy atom. The first-order valence-corrected chi connectivity index (χ1v) is 10.3. The molecule has 0 amide bonds. The van der Waals surface area contributed by atoms with Crippen LogP contribution in [0.15, 0.2) is 45.6 Å². The number of nitrogens with one attached hydrogen (secondary N) is 1. The topological polar surface area (TPSA) is 107 Å². The zero-order chi connectivity index (χ0) is 21.5. The molecular formula is C22H21Cl2N5O3. The Labute approximate surface area is 194 Å². The maximum absolute atomic E-state index is 12.9. The van der Waals surface area contributed by atoms with Gasteiger partial charge in [0.15, 0.2) is 22.7 Å². The molecule has 1 saturated heterocycles. The van der Waals surface area contributed by atoms with Crippen LogP contribution >= 0.6 is 24.0 Å². The Bertz CT molecular complexity index is 1370.